The third kappa shape index (κ3) is 2.81. The number of aryl methyl sites for hydroxylation is 1. The van der Waals surface area contributed by atoms with Gasteiger partial charge >= 0.3 is 0 Å². The summed E-state index contributed by atoms with van der Waals surface area (Å²) in [4.78, 5) is 11.0. The second kappa shape index (κ2) is 5.66. The van der Waals surface area contributed by atoms with Crippen molar-refractivity contribution in [2.24, 2.45) is 5.73 Å². The Hall–Kier alpha value is -2.20. The van der Waals surface area contributed by atoms with Crippen LogP contribution >= 0.6 is 0 Å². The summed E-state index contributed by atoms with van der Waals surface area (Å²) in [5.74, 6) is -1.01. The number of fused-ring (bicyclic) bond motifs is 1. The monoisotopic (exact) mass is 284 g/mol. The van der Waals surface area contributed by atoms with Crippen molar-refractivity contribution in [3.63, 3.8) is 0 Å². The first-order chi connectivity index (χ1) is 10.1. The highest BCUT2D eigenvalue weighted by Crippen LogP contribution is 2.30. The third-order valence-corrected chi connectivity index (χ3v) is 4.01. The van der Waals surface area contributed by atoms with E-state index in [-0.39, 0.29) is 11.6 Å². The van der Waals surface area contributed by atoms with Crippen molar-refractivity contribution in [2.45, 2.75) is 25.4 Å². The van der Waals surface area contributed by atoms with E-state index in [0.717, 1.165) is 12.8 Å². The fourth-order valence-electron chi connectivity index (χ4n) is 2.85. The Morgan fingerprint density at radius 3 is 2.86 bits per heavy atom. The van der Waals surface area contributed by atoms with Crippen molar-refractivity contribution in [1.29, 1.82) is 0 Å². The maximum atomic E-state index is 13.9. The lowest BCUT2D eigenvalue weighted by molar-refractivity contribution is 0.1000. The minimum atomic E-state index is -0.613. The smallest absolute Gasteiger partial charge is 0.248 e. The van der Waals surface area contributed by atoms with Crippen LogP contribution in [0, 0.1) is 5.82 Å². The van der Waals surface area contributed by atoms with Crippen LogP contribution in [0.15, 0.2) is 42.5 Å². The summed E-state index contributed by atoms with van der Waals surface area (Å²) in [7, 11) is 0. The fraction of sp³-hybridized carbons (Fsp3) is 0.235. The van der Waals surface area contributed by atoms with Gasteiger partial charge in [0.1, 0.15) is 5.82 Å². The molecule has 2 aromatic rings. The minimum Gasteiger partial charge on any atom is -0.366 e. The number of benzene rings is 2. The lowest BCUT2D eigenvalue weighted by atomic mass is 10.1. The summed E-state index contributed by atoms with van der Waals surface area (Å²) in [6.45, 7) is 0.434. The Morgan fingerprint density at radius 1 is 1.29 bits per heavy atom. The van der Waals surface area contributed by atoms with Crippen molar-refractivity contribution in [3.05, 3.63) is 70.5 Å². The molecule has 2 aromatic carbocycles. The largest absolute Gasteiger partial charge is 0.366 e. The van der Waals surface area contributed by atoms with E-state index in [1.165, 1.54) is 17.2 Å². The highest BCUT2D eigenvalue weighted by molar-refractivity contribution is 5.92. The van der Waals surface area contributed by atoms with E-state index >= 15 is 0 Å². The zero-order chi connectivity index (χ0) is 14.8. The molecular weight excluding hydrogens is 267 g/mol. The molecule has 0 saturated heterocycles. The minimum absolute atomic E-state index is 0.197. The summed E-state index contributed by atoms with van der Waals surface area (Å²) < 4.78 is 13.9. The molecule has 1 aliphatic rings. The standard InChI is InChI=1S/C17H17FN2O/c18-15-9-12(17(19)21)5-6-13(15)10-20-16-8-7-11-3-1-2-4-14(11)16/h1-6,9,16,20H,7-8,10H2,(H2,19,21). The average molecular weight is 284 g/mol. The van der Waals surface area contributed by atoms with Crippen molar-refractivity contribution >= 4 is 5.91 Å². The van der Waals surface area contributed by atoms with E-state index < -0.39 is 11.7 Å². The number of carbonyl (C=O) groups is 1. The molecule has 0 fully saturated rings. The van der Waals surface area contributed by atoms with Gasteiger partial charge in [0.15, 0.2) is 0 Å². The maximum absolute atomic E-state index is 13.9. The van der Waals surface area contributed by atoms with Gasteiger partial charge in [-0.1, -0.05) is 30.3 Å². The molecular formula is C17H17FN2O. The number of nitrogens with two attached hydrogens (primary N) is 1. The van der Waals surface area contributed by atoms with Gasteiger partial charge in [-0.2, -0.15) is 0 Å². The first-order valence-electron chi connectivity index (χ1n) is 7.04. The van der Waals surface area contributed by atoms with Crippen LogP contribution < -0.4 is 11.1 Å². The van der Waals surface area contributed by atoms with Crippen LogP contribution in [-0.4, -0.2) is 5.91 Å². The highest BCUT2D eigenvalue weighted by atomic mass is 19.1. The molecule has 3 N–H and O–H groups in total. The van der Waals surface area contributed by atoms with Gasteiger partial charge in [-0.3, -0.25) is 4.79 Å². The number of amides is 1. The van der Waals surface area contributed by atoms with E-state index in [1.54, 1.807) is 12.1 Å². The zero-order valence-electron chi connectivity index (χ0n) is 11.6. The lowest BCUT2D eigenvalue weighted by Crippen LogP contribution is -2.19. The summed E-state index contributed by atoms with van der Waals surface area (Å²) in [5, 5.41) is 3.39. The number of rotatable bonds is 4. The van der Waals surface area contributed by atoms with Crippen LogP contribution in [0.1, 0.15) is 39.5 Å². The van der Waals surface area contributed by atoms with Gasteiger partial charge in [0.25, 0.3) is 0 Å². The Labute approximate surface area is 123 Å². The molecule has 21 heavy (non-hydrogen) atoms. The van der Waals surface area contributed by atoms with Gasteiger partial charge in [-0.05, 0) is 36.1 Å². The number of carbonyl (C=O) groups excluding carboxylic acids is 1. The molecule has 3 nitrogen and oxygen atoms in total. The molecule has 0 bridgehead atoms. The predicted molar refractivity (Wildman–Crippen MR) is 79.3 cm³/mol. The molecule has 0 saturated carbocycles. The Balaban J connectivity index is 1.70. The second-order valence-electron chi connectivity index (χ2n) is 5.34. The quantitative estimate of drug-likeness (QED) is 0.907. The van der Waals surface area contributed by atoms with Crippen LogP contribution in [0.5, 0.6) is 0 Å². The molecule has 1 atom stereocenters. The Bertz CT molecular complexity index is 684. The van der Waals surface area contributed by atoms with Crippen LogP contribution in [0.2, 0.25) is 0 Å². The van der Waals surface area contributed by atoms with Crippen molar-refractivity contribution in [3.8, 4) is 0 Å². The molecule has 0 heterocycles. The average Bonchev–Trinajstić information content (AvgIpc) is 2.89. The van der Waals surface area contributed by atoms with E-state index in [2.05, 4.69) is 17.4 Å². The molecule has 0 aromatic heterocycles. The van der Waals surface area contributed by atoms with Crippen LogP contribution in [0.4, 0.5) is 4.39 Å². The summed E-state index contributed by atoms with van der Waals surface area (Å²) >= 11 is 0. The Kier molecular flexibility index (Phi) is 3.71. The molecule has 0 aliphatic heterocycles. The molecule has 3 rings (SSSR count). The molecule has 1 amide bonds. The second-order valence-corrected chi connectivity index (χ2v) is 5.34. The normalized spacial score (nSPS) is 16.7. The molecule has 1 aliphatic carbocycles. The molecule has 4 heteroatoms. The molecule has 0 radical (unpaired) electrons. The van der Waals surface area contributed by atoms with Gasteiger partial charge in [0, 0.05) is 23.7 Å². The highest BCUT2D eigenvalue weighted by Gasteiger charge is 2.21. The van der Waals surface area contributed by atoms with Gasteiger partial charge in [-0.25, -0.2) is 4.39 Å². The number of nitrogens with one attached hydrogen (secondary N) is 1. The third-order valence-electron chi connectivity index (χ3n) is 4.01. The van der Waals surface area contributed by atoms with E-state index in [9.17, 15) is 9.18 Å². The number of halogens is 1. The van der Waals surface area contributed by atoms with E-state index in [0.29, 0.717) is 12.1 Å². The first kappa shape index (κ1) is 13.8. The van der Waals surface area contributed by atoms with Crippen LogP contribution in [0.3, 0.4) is 0 Å². The summed E-state index contributed by atoms with van der Waals surface area (Å²) in [6.07, 6.45) is 2.08. The van der Waals surface area contributed by atoms with Crippen LogP contribution in [0.25, 0.3) is 0 Å². The lowest BCUT2D eigenvalue weighted by Gasteiger charge is -2.14. The van der Waals surface area contributed by atoms with Crippen molar-refractivity contribution in [2.75, 3.05) is 0 Å². The molecule has 1 unspecified atom stereocenters. The van der Waals surface area contributed by atoms with Crippen molar-refractivity contribution < 1.29 is 9.18 Å². The maximum Gasteiger partial charge on any atom is 0.248 e. The van der Waals surface area contributed by atoms with Gasteiger partial charge < -0.3 is 11.1 Å². The molecule has 0 spiro atoms. The Morgan fingerprint density at radius 2 is 2.10 bits per heavy atom. The topological polar surface area (TPSA) is 55.1 Å². The van der Waals surface area contributed by atoms with Gasteiger partial charge in [0.2, 0.25) is 5.91 Å². The predicted octanol–water partition coefficient (Wildman–Crippen LogP) is 2.70. The fourth-order valence-corrected chi connectivity index (χ4v) is 2.85. The first-order valence-corrected chi connectivity index (χ1v) is 7.04. The van der Waals surface area contributed by atoms with Gasteiger partial charge in [0.05, 0.1) is 0 Å². The van der Waals surface area contributed by atoms with E-state index in [4.69, 9.17) is 5.73 Å². The number of hydrogen-bond donors (Lipinski definition) is 2. The SMILES string of the molecule is NC(=O)c1ccc(CNC2CCc3ccccc32)c(F)c1. The number of primary amides is 1. The number of hydrogen-bond acceptors (Lipinski definition) is 2. The van der Waals surface area contributed by atoms with E-state index in [1.807, 2.05) is 12.1 Å². The summed E-state index contributed by atoms with van der Waals surface area (Å²) in [5.41, 5.74) is 8.54. The molecule has 108 valence electrons. The van der Waals surface area contributed by atoms with Crippen molar-refractivity contribution in [1.82, 2.24) is 5.32 Å². The van der Waals surface area contributed by atoms with Gasteiger partial charge in [-0.15, -0.1) is 0 Å². The van der Waals surface area contributed by atoms with Crippen LogP contribution in [-0.2, 0) is 13.0 Å². The summed E-state index contributed by atoms with van der Waals surface area (Å²) in [6, 6.07) is 13.0. The zero-order valence-corrected chi connectivity index (χ0v) is 11.6.